The topological polar surface area (TPSA) is 34.2 Å². The van der Waals surface area contributed by atoms with Crippen molar-refractivity contribution in [1.29, 1.82) is 0 Å². The summed E-state index contributed by atoms with van der Waals surface area (Å²) in [5, 5.41) is 3.49. The standard InChI is InChI=1S/C16H26N2O/c1-3-9-17-13(2)15-7-10-18-16(12-15)19-11-8-14-5-4-6-14/h7,10,12-14,17H,3-6,8-9,11H2,1-2H3. The molecule has 0 saturated heterocycles. The highest BCUT2D eigenvalue weighted by Gasteiger charge is 2.17. The molecule has 0 aliphatic heterocycles. The smallest absolute Gasteiger partial charge is 0.213 e. The average Bonchev–Trinajstić information content (AvgIpc) is 2.39. The van der Waals surface area contributed by atoms with Crippen molar-refractivity contribution in [2.75, 3.05) is 13.2 Å². The molecular formula is C16H26N2O. The minimum atomic E-state index is 0.358. The molecular weight excluding hydrogens is 236 g/mol. The number of nitrogens with zero attached hydrogens (tertiary/aromatic N) is 1. The average molecular weight is 262 g/mol. The molecule has 3 nitrogen and oxygen atoms in total. The van der Waals surface area contributed by atoms with E-state index in [1.807, 2.05) is 6.20 Å². The zero-order valence-corrected chi connectivity index (χ0v) is 12.2. The van der Waals surface area contributed by atoms with Gasteiger partial charge in [-0.3, -0.25) is 0 Å². The van der Waals surface area contributed by atoms with E-state index in [4.69, 9.17) is 4.74 Å². The Morgan fingerprint density at radius 2 is 2.32 bits per heavy atom. The molecule has 2 rings (SSSR count). The van der Waals surface area contributed by atoms with Gasteiger partial charge < -0.3 is 10.1 Å². The molecule has 0 amide bonds. The molecule has 19 heavy (non-hydrogen) atoms. The largest absolute Gasteiger partial charge is 0.478 e. The molecule has 1 aromatic heterocycles. The van der Waals surface area contributed by atoms with Crippen molar-refractivity contribution in [2.24, 2.45) is 5.92 Å². The van der Waals surface area contributed by atoms with Gasteiger partial charge >= 0.3 is 0 Å². The highest BCUT2D eigenvalue weighted by Crippen LogP contribution is 2.29. The molecule has 1 fully saturated rings. The fourth-order valence-electron chi connectivity index (χ4n) is 2.36. The summed E-state index contributed by atoms with van der Waals surface area (Å²) < 4.78 is 5.77. The lowest BCUT2D eigenvalue weighted by Gasteiger charge is -2.24. The molecule has 106 valence electrons. The van der Waals surface area contributed by atoms with Gasteiger partial charge in [-0.05, 0) is 43.9 Å². The van der Waals surface area contributed by atoms with Crippen LogP contribution in [-0.4, -0.2) is 18.1 Å². The highest BCUT2D eigenvalue weighted by atomic mass is 16.5. The molecule has 1 aliphatic carbocycles. The van der Waals surface area contributed by atoms with Gasteiger partial charge in [-0.2, -0.15) is 0 Å². The summed E-state index contributed by atoms with van der Waals surface area (Å²) in [5.41, 5.74) is 1.25. The van der Waals surface area contributed by atoms with Crippen LogP contribution >= 0.6 is 0 Å². The van der Waals surface area contributed by atoms with Gasteiger partial charge in [0, 0.05) is 18.3 Å². The van der Waals surface area contributed by atoms with Gasteiger partial charge in [0.15, 0.2) is 0 Å². The Morgan fingerprint density at radius 1 is 1.47 bits per heavy atom. The molecule has 1 aliphatic rings. The molecule has 1 heterocycles. The zero-order chi connectivity index (χ0) is 13.5. The maximum Gasteiger partial charge on any atom is 0.213 e. The first-order valence-electron chi connectivity index (χ1n) is 7.61. The molecule has 1 atom stereocenters. The Balaban J connectivity index is 1.79. The van der Waals surface area contributed by atoms with Crippen LogP contribution in [-0.2, 0) is 0 Å². The maximum atomic E-state index is 5.77. The zero-order valence-electron chi connectivity index (χ0n) is 12.2. The SMILES string of the molecule is CCCNC(C)c1ccnc(OCCC2CCC2)c1. The van der Waals surface area contributed by atoms with E-state index in [1.54, 1.807) is 0 Å². The summed E-state index contributed by atoms with van der Waals surface area (Å²) in [4.78, 5) is 4.29. The van der Waals surface area contributed by atoms with Crippen molar-refractivity contribution < 1.29 is 4.74 Å². The Labute approximate surface area is 116 Å². The fraction of sp³-hybridized carbons (Fsp3) is 0.688. The molecule has 0 bridgehead atoms. The molecule has 0 radical (unpaired) electrons. The van der Waals surface area contributed by atoms with Crippen LogP contribution in [0.15, 0.2) is 18.3 Å². The number of ether oxygens (including phenoxy) is 1. The summed E-state index contributed by atoms with van der Waals surface area (Å²) in [5.74, 6) is 1.66. The van der Waals surface area contributed by atoms with Crippen molar-refractivity contribution >= 4 is 0 Å². The van der Waals surface area contributed by atoms with Crippen LogP contribution in [0.25, 0.3) is 0 Å². The number of nitrogens with one attached hydrogen (secondary N) is 1. The van der Waals surface area contributed by atoms with Crippen LogP contribution in [0.5, 0.6) is 5.88 Å². The Morgan fingerprint density at radius 3 is 3.00 bits per heavy atom. The number of pyridine rings is 1. The highest BCUT2D eigenvalue weighted by molar-refractivity contribution is 5.23. The van der Waals surface area contributed by atoms with E-state index in [0.717, 1.165) is 31.4 Å². The number of hydrogen-bond donors (Lipinski definition) is 1. The third-order valence-corrected chi connectivity index (χ3v) is 3.96. The molecule has 0 spiro atoms. The predicted octanol–water partition coefficient (Wildman–Crippen LogP) is 3.71. The first kappa shape index (κ1) is 14.3. The summed E-state index contributed by atoms with van der Waals surface area (Å²) in [6.45, 7) is 6.21. The Kier molecular flexibility index (Phi) is 5.64. The van der Waals surface area contributed by atoms with Gasteiger partial charge in [0.05, 0.1) is 6.61 Å². The first-order valence-corrected chi connectivity index (χ1v) is 7.61. The van der Waals surface area contributed by atoms with Gasteiger partial charge in [-0.25, -0.2) is 4.98 Å². The van der Waals surface area contributed by atoms with E-state index in [-0.39, 0.29) is 0 Å². The normalized spacial score (nSPS) is 16.9. The minimum Gasteiger partial charge on any atom is -0.478 e. The third-order valence-electron chi connectivity index (χ3n) is 3.96. The summed E-state index contributed by atoms with van der Waals surface area (Å²) in [6.07, 6.45) is 8.34. The minimum absolute atomic E-state index is 0.358. The number of hydrogen-bond acceptors (Lipinski definition) is 3. The Hall–Kier alpha value is -1.09. The molecule has 1 unspecified atom stereocenters. The van der Waals surface area contributed by atoms with Crippen molar-refractivity contribution in [3.05, 3.63) is 23.9 Å². The molecule has 1 aromatic rings. The van der Waals surface area contributed by atoms with Gasteiger partial charge in [0.25, 0.3) is 0 Å². The van der Waals surface area contributed by atoms with Gasteiger partial charge in [0.2, 0.25) is 5.88 Å². The second-order valence-corrected chi connectivity index (χ2v) is 5.54. The van der Waals surface area contributed by atoms with Gasteiger partial charge in [-0.15, -0.1) is 0 Å². The van der Waals surface area contributed by atoms with E-state index in [2.05, 4.69) is 36.3 Å². The van der Waals surface area contributed by atoms with Crippen LogP contribution in [0.3, 0.4) is 0 Å². The predicted molar refractivity (Wildman–Crippen MR) is 78.4 cm³/mol. The third kappa shape index (κ3) is 4.50. The van der Waals surface area contributed by atoms with Crippen molar-refractivity contribution in [1.82, 2.24) is 10.3 Å². The van der Waals surface area contributed by atoms with E-state index in [0.29, 0.717) is 6.04 Å². The van der Waals surface area contributed by atoms with Gasteiger partial charge in [-0.1, -0.05) is 26.2 Å². The summed E-state index contributed by atoms with van der Waals surface area (Å²) in [7, 11) is 0. The van der Waals surface area contributed by atoms with Crippen molar-refractivity contribution in [3.8, 4) is 5.88 Å². The maximum absolute atomic E-state index is 5.77. The lowest BCUT2D eigenvalue weighted by atomic mass is 9.83. The number of aromatic nitrogens is 1. The molecule has 3 heteroatoms. The lowest BCUT2D eigenvalue weighted by molar-refractivity contribution is 0.217. The van der Waals surface area contributed by atoms with Crippen LogP contribution in [0.2, 0.25) is 0 Å². The molecule has 1 N–H and O–H groups in total. The first-order chi connectivity index (χ1) is 9.29. The monoisotopic (exact) mass is 262 g/mol. The van der Waals surface area contributed by atoms with Crippen LogP contribution < -0.4 is 10.1 Å². The summed E-state index contributed by atoms with van der Waals surface area (Å²) in [6, 6.07) is 4.48. The van der Waals surface area contributed by atoms with E-state index >= 15 is 0 Å². The number of rotatable bonds is 8. The second kappa shape index (κ2) is 7.49. The fourth-order valence-corrected chi connectivity index (χ4v) is 2.36. The van der Waals surface area contributed by atoms with Crippen LogP contribution in [0, 0.1) is 5.92 Å². The van der Waals surface area contributed by atoms with E-state index in [1.165, 1.54) is 31.2 Å². The van der Waals surface area contributed by atoms with Crippen molar-refractivity contribution in [2.45, 2.75) is 52.0 Å². The summed E-state index contributed by atoms with van der Waals surface area (Å²) >= 11 is 0. The van der Waals surface area contributed by atoms with Gasteiger partial charge in [0.1, 0.15) is 0 Å². The molecule has 0 aromatic carbocycles. The van der Waals surface area contributed by atoms with Crippen molar-refractivity contribution in [3.63, 3.8) is 0 Å². The quantitative estimate of drug-likeness (QED) is 0.775. The lowest BCUT2D eigenvalue weighted by Crippen LogP contribution is -2.19. The van der Waals surface area contributed by atoms with E-state index < -0.39 is 0 Å². The van der Waals surface area contributed by atoms with Crippen LogP contribution in [0.1, 0.15) is 57.6 Å². The van der Waals surface area contributed by atoms with E-state index in [9.17, 15) is 0 Å². The van der Waals surface area contributed by atoms with Crippen LogP contribution in [0.4, 0.5) is 0 Å². The Bertz CT molecular complexity index is 377. The second-order valence-electron chi connectivity index (χ2n) is 5.54. The molecule has 1 saturated carbocycles.